The molecule has 0 heterocycles. The van der Waals surface area contributed by atoms with Gasteiger partial charge in [-0.15, -0.1) is 0 Å². The van der Waals surface area contributed by atoms with Crippen LogP contribution in [0.3, 0.4) is 0 Å². The highest BCUT2D eigenvalue weighted by Gasteiger charge is 2.16. The summed E-state index contributed by atoms with van der Waals surface area (Å²) in [5.74, 6) is 0.402. The van der Waals surface area contributed by atoms with Crippen molar-refractivity contribution in [2.75, 3.05) is 18.6 Å². The molecule has 0 aromatic carbocycles. The number of carbonyl (C=O) groups is 1. The van der Waals surface area contributed by atoms with E-state index in [1.54, 1.807) is 6.26 Å². The van der Waals surface area contributed by atoms with Crippen LogP contribution in [0.5, 0.6) is 0 Å². The first kappa shape index (κ1) is 15.6. The van der Waals surface area contributed by atoms with Crippen LogP contribution < -0.4 is 5.32 Å². The van der Waals surface area contributed by atoms with Crippen molar-refractivity contribution in [2.45, 2.75) is 45.8 Å². The molecule has 4 nitrogen and oxygen atoms in total. The number of hydrogen-bond acceptors (Lipinski definition) is 4. The minimum Gasteiger partial charge on any atom is -0.459 e. The third-order valence-corrected chi connectivity index (χ3v) is 2.66. The van der Waals surface area contributed by atoms with Crippen molar-refractivity contribution < 1.29 is 13.7 Å². The first-order chi connectivity index (χ1) is 7.20. The lowest BCUT2D eigenvalue weighted by atomic mass is 10.2. The Bertz CT molecular complexity index is 248. The van der Waals surface area contributed by atoms with Crippen molar-refractivity contribution in [3.8, 4) is 0 Å². The molecule has 0 saturated heterocycles. The van der Waals surface area contributed by atoms with E-state index in [1.807, 2.05) is 27.7 Å². The van der Waals surface area contributed by atoms with Crippen LogP contribution in [0.2, 0.25) is 0 Å². The largest absolute Gasteiger partial charge is 0.459 e. The molecule has 0 aromatic heterocycles. The van der Waals surface area contributed by atoms with Gasteiger partial charge in [-0.3, -0.25) is 9.00 Å². The molecule has 0 radical (unpaired) electrons. The molecule has 0 rings (SSSR count). The first-order valence-electron chi connectivity index (χ1n) is 5.46. The molecule has 0 spiro atoms. The number of carbonyl (C=O) groups excluding carboxylic acids is 1. The predicted octanol–water partition coefficient (Wildman–Crippen LogP) is 1.07. The van der Waals surface area contributed by atoms with Gasteiger partial charge in [0.25, 0.3) is 0 Å². The average molecular weight is 249 g/mol. The van der Waals surface area contributed by atoms with Gasteiger partial charge in [0.05, 0.1) is 6.54 Å². The Labute approximate surface area is 101 Å². The van der Waals surface area contributed by atoms with E-state index in [0.717, 1.165) is 6.42 Å². The second kappa shape index (κ2) is 7.01. The standard InChI is InChI=1S/C11H23NO3S/c1-9(6-7-16(5)14)12-8-10(13)15-11(2,3)4/h9,12H,6-8H2,1-5H3. The number of rotatable bonds is 6. The molecule has 0 fully saturated rings. The molecule has 96 valence electrons. The highest BCUT2D eigenvalue weighted by atomic mass is 32.2. The normalized spacial score (nSPS) is 15.6. The minimum atomic E-state index is -0.772. The Kier molecular flexibility index (Phi) is 6.83. The lowest BCUT2D eigenvalue weighted by Gasteiger charge is -2.20. The zero-order chi connectivity index (χ0) is 12.8. The molecule has 2 unspecified atom stereocenters. The molecule has 5 heteroatoms. The summed E-state index contributed by atoms with van der Waals surface area (Å²) in [7, 11) is -0.772. The Morgan fingerprint density at radius 2 is 2.00 bits per heavy atom. The molecular weight excluding hydrogens is 226 g/mol. The van der Waals surface area contributed by atoms with Gasteiger partial charge in [-0.2, -0.15) is 0 Å². The Balaban J connectivity index is 3.71. The molecule has 0 bridgehead atoms. The third kappa shape index (κ3) is 10.1. The molecule has 0 saturated carbocycles. The van der Waals surface area contributed by atoms with Crippen molar-refractivity contribution in [3.05, 3.63) is 0 Å². The first-order valence-corrected chi connectivity index (χ1v) is 7.18. The van der Waals surface area contributed by atoms with Gasteiger partial charge in [-0.25, -0.2) is 0 Å². The SMILES string of the molecule is CC(CCS(C)=O)NCC(=O)OC(C)(C)C. The van der Waals surface area contributed by atoms with Crippen LogP contribution in [0.1, 0.15) is 34.1 Å². The molecular formula is C11H23NO3S. The van der Waals surface area contributed by atoms with Crippen molar-refractivity contribution in [1.82, 2.24) is 5.32 Å². The molecule has 2 atom stereocenters. The lowest BCUT2D eigenvalue weighted by molar-refractivity contribution is -0.153. The van der Waals surface area contributed by atoms with Crippen molar-refractivity contribution in [3.63, 3.8) is 0 Å². The highest BCUT2D eigenvalue weighted by Crippen LogP contribution is 2.06. The van der Waals surface area contributed by atoms with Crippen LogP contribution in [-0.2, 0) is 20.3 Å². The molecule has 0 aliphatic rings. The van der Waals surface area contributed by atoms with E-state index in [-0.39, 0.29) is 18.6 Å². The van der Waals surface area contributed by atoms with Gasteiger partial charge in [-0.1, -0.05) is 0 Å². The molecule has 0 aliphatic carbocycles. The van der Waals surface area contributed by atoms with E-state index in [1.165, 1.54) is 0 Å². The van der Waals surface area contributed by atoms with Crippen molar-refractivity contribution in [2.24, 2.45) is 0 Å². The fourth-order valence-corrected chi connectivity index (χ4v) is 1.77. The summed E-state index contributed by atoms with van der Waals surface area (Å²) in [5, 5.41) is 3.05. The van der Waals surface area contributed by atoms with Crippen LogP contribution >= 0.6 is 0 Å². The maximum absolute atomic E-state index is 11.4. The summed E-state index contributed by atoms with van der Waals surface area (Å²) in [6.07, 6.45) is 2.48. The van der Waals surface area contributed by atoms with Crippen LogP contribution in [0, 0.1) is 0 Å². The van der Waals surface area contributed by atoms with Gasteiger partial charge < -0.3 is 10.1 Å². The van der Waals surface area contributed by atoms with E-state index < -0.39 is 16.4 Å². The van der Waals surface area contributed by atoms with Crippen LogP contribution in [0.4, 0.5) is 0 Å². The molecule has 1 N–H and O–H groups in total. The van der Waals surface area contributed by atoms with Gasteiger partial charge in [0, 0.05) is 28.9 Å². The topological polar surface area (TPSA) is 55.4 Å². The Hall–Kier alpha value is -0.420. The van der Waals surface area contributed by atoms with Gasteiger partial charge >= 0.3 is 5.97 Å². The van der Waals surface area contributed by atoms with E-state index in [9.17, 15) is 9.00 Å². The summed E-state index contributed by atoms with van der Waals surface area (Å²) >= 11 is 0. The van der Waals surface area contributed by atoms with E-state index in [0.29, 0.717) is 5.75 Å². The van der Waals surface area contributed by atoms with Crippen LogP contribution in [-0.4, -0.2) is 40.4 Å². The summed E-state index contributed by atoms with van der Waals surface area (Å²) in [6.45, 7) is 7.70. The molecule has 0 aliphatic heterocycles. The summed E-state index contributed by atoms with van der Waals surface area (Å²) in [6, 6.07) is 0.177. The van der Waals surface area contributed by atoms with E-state index in [4.69, 9.17) is 4.74 Å². The summed E-state index contributed by atoms with van der Waals surface area (Å²) in [5.41, 5.74) is -0.438. The van der Waals surface area contributed by atoms with Crippen molar-refractivity contribution >= 4 is 16.8 Å². The Morgan fingerprint density at radius 1 is 1.44 bits per heavy atom. The number of nitrogens with one attached hydrogen (secondary N) is 1. The minimum absolute atomic E-state index is 0.177. The summed E-state index contributed by atoms with van der Waals surface area (Å²) < 4.78 is 16.0. The maximum Gasteiger partial charge on any atom is 0.320 e. The smallest absolute Gasteiger partial charge is 0.320 e. The number of hydrogen-bond donors (Lipinski definition) is 1. The third-order valence-electron chi connectivity index (χ3n) is 1.85. The lowest BCUT2D eigenvalue weighted by Crippen LogP contribution is -2.36. The zero-order valence-electron chi connectivity index (χ0n) is 10.8. The fraction of sp³-hybridized carbons (Fsp3) is 0.909. The Morgan fingerprint density at radius 3 is 2.44 bits per heavy atom. The molecule has 16 heavy (non-hydrogen) atoms. The predicted molar refractivity (Wildman–Crippen MR) is 66.9 cm³/mol. The van der Waals surface area contributed by atoms with Crippen LogP contribution in [0.15, 0.2) is 0 Å². The van der Waals surface area contributed by atoms with E-state index >= 15 is 0 Å². The quantitative estimate of drug-likeness (QED) is 0.716. The van der Waals surface area contributed by atoms with Gasteiger partial charge in [0.15, 0.2) is 0 Å². The monoisotopic (exact) mass is 249 g/mol. The highest BCUT2D eigenvalue weighted by molar-refractivity contribution is 7.84. The van der Waals surface area contributed by atoms with Gasteiger partial charge in [0.1, 0.15) is 5.60 Å². The van der Waals surface area contributed by atoms with Gasteiger partial charge in [0.2, 0.25) is 0 Å². The second-order valence-corrected chi connectivity index (χ2v) is 6.49. The van der Waals surface area contributed by atoms with E-state index in [2.05, 4.69) is 5.32 Å². The maximum atomic E-state index is 11.4. The number of esters is 1. The summed E-state index contributed by atoms with van der Waals surface area (Å²) in [4.78, 5) is 11.4. The number of ether oxygens (including phenoxy) is 1. The second-order valence-electron chi connectivity index (χ2n) is 4.93. The zero-order valence-corrected chi connectivity index (χ0v) is 11.6. The fourth-order valence-electron chi connectivity index (χ4n) is 1.08. The molecule has 0 amide bonds. The average Bonchev–Trinajstić information content (AvgIpc) is 2.08. The van der Waals surface area contributed by atoms with Gasteiger partial charge in [-0.05, 0) is 34.1 Å². The van der Waals surface area contributed by atoms with Crippen molar-refractivity contribution in [1.29, 1.82) is 0 Å². The molecule has 0 aromatic rings. The van der Waals surface area contributed by atoms with Crippen LogP contribution in [0.25, 0.3) is 0 Å².